The van der Waals surface area contributed by atoms with E-state index in [9.17, 15) is 27.6 Å². The molecule has 0 radical (unpaired) electrons. The van der Waals surface area contributed by atoms with E-state index in [4.69, 9.17) is 9.15 Å². The number of nitrogens with zero attached hydrogens (tertiary/aromatic N) is 1. The molecule has 0 saturated carbocycles. The molecule has 1 aliphatic heterocycles. The van der Waals surface area contributed by atoms with Crippen LogP contribution in [0.15, 0.2) is 33.5 Å². The van der Waals surface area contributed by atoms with E-state index in [1.807, 2.05) is 13.8 Å². The van der Waals surface area contributed by atoms with E-state index in [0.29, 0.717) is 48.6 Å². The summed E-state index contributed by atoms with van der Waals surface area (Å²) in [4.78, 5) is 36.4. The minimum atomic E-state index is -4.70. The molecule has 178 valence electrons. The minimum absolute atomic E-state index is 0.0749. The van der Waals surface area contributed by atoms with Gasteiger partial charge in [0, 0.05) is 23.6 Å². The number of amides is 2. The molecule has 1 aromatic carbocycles. The molecular weight excluding hydrogens is 459 g/mol. The number of carbonyl (C=O) groups excluding carboxylic acids is 2. The van der Waals surface area contributed by atoms with Gasteiger partial charge in [-0.25, -0.2) is 4.79 Å². The first-order chi connectivity index (χ1) is 15.7. The minimum Gasteiger partial charge on any atom is -0.489 e. The van der Waals surface area contributed by atoms with Crippen molar-refractivity contribution in [2.75, 3.05) is 18.9 Å². The molecule has 0 bridgehead atoms. The van der Waals surface area contributed by atoms with Crippen molar-refractivity contribution in [3.63, 3.8) is 0 Å². The molecule has 1 fully saturated rings. The largest absolute Gasteiger partial charge is 0.489 e. The number of aryl methyl sites for hydroxylation is 2. The van der Waals surface area contributed by atoms with Crippen LogP contribution in [-0.4, -0.2) is 35.0 Å². The summed E-state index contributed by atoms with van der Waals surface area (Å²) in [6.07, 6.45) is 0.702. The van der Waals surface area contributed by atoms with E-state index in [1.165, 1.54) is 6.07 Å². The number of fused-ring (bicyclic) bond motifs is 1. The third-order valence-electron chi connectivity index (χ3n) is 5.10. The average molecular weight is 484 g/mol. The molecular formula is C23H24F3NO5S. The Hall–Kier alpha value is -2.75. The maximum absolute atomic E-state index is 13.6. The van der Waals surface area contributed by atoms with Crippen molar-refractivity contribution in [3.8, 4) is 5.75 Å². The van der Waals surface area contributed by atoms with Gasteiger partial charge >= 0.3 is 11.8 Å². The van der Waals surface area contributed by atoms with Crippen LogP contribution < -0.4 is 10.4 Å². The summed E-state index contributed by atoms with van der Waals surface area (Å²) in [5.74, 6) is 0.282. The molecule has 2 heterocycles. The summed E-state index contributed by atoms with van der Waals surface area (Å²) in [6, 6.07) is 1.87. The molecule has 2 amide bonds. The lowest BCUT2D eigenvalue weighted by molar-refractivity contribution is -0.136. The Kier molecular flexibility index (Phi) is 7.88. The normalized spacial score (nSPS) is 14.8. The van der Waals surface area contributed by atoms with Gasteiger partial charge in [0.1, 0.15) is 17.9 Å². The number of halogens is 3. The third-order valence-corrected chi connectivity index (χ3v) is 5.96. The second-order valence-electron chi connectivity index (χ2n) is 7.54. The van der Waals surface area contributed by atoms with Gasteiger partial charge < -0.3 is 9.15 Å². The standard InChI is InChI=1S/C23H24F3NO5S/c1-3-7-14-11-16-17(23(24,25)26)12-19(29)32-21(16)15(8-4-2)20(14)31-10-6-5-9-27-18(28)13-33-22(27)30/h5-6,11-12H,3-4,7-10,13H2,1-2H3/b6-5+. The number of hydrogen-bond donors (Lipinski definition) is 0. The number of thioether (sulfide) groups is 1. The number of hydrogen-bond acceptors (Lipinski definition) is 6. The predicted molar refractivity (Wildman–Crippen MR) is 120 cm³/mol. The van der Waals surface area contributed by atoms with Crippen LogP contribution in [0.5, 0.6) is 5.75 Å². The molecule has 1 aromatic heterocycles. The fourth-order valence-corrected chi connectivity index (χ4v) is 4.43. The van der Waals surface area contributed by atoms with Gasteiger partial charge in [-0.05, 0) is 30.5 Å². The van der Waals surface area contributed by atoms with Gasteiger partial charge in [0.05, 0.1) is 11.3 Å². The Labute approximate surface area is 192 Å². The maximum atomic E-state index is 13.6. The zero-order chi connectivity index (χ0) is 24.2. The van der Waals surface area contributed by atoms with Gasteiger partial charge in [-0.1, -0.05) is 44.5 Å². The van der Waals surface area contributed by atoms with Crippen molar-refractivity contribution in [1.82, 2.24) is 4.90 Å². The SMILES string of the molecule is CCCc1cc2c(C(F)(F)F)cc(=O)oc2c(CCC)c1OC/C=C/CN1C(=O)CSC1=O. The first-order valence-electron chi connectivity index (χ1n) is 10.6. The molecule has 1 saturated heterocycles. The molecule has 0 unspecified atom stereocenters. The maximum Gasteiger partial charge on any atom is 0.417 e. The van der Waals surface area contributed by atoms with E-state index in [-0.39, 0.29) is 41.0 Å². The lowest BCUT2D eigenvalue weighted by Crippen LogP contribution is -2.28. The zero-order valence-electron chi connectivity index (χ0n) is 18.3. The van der Waals surface area contributed by atoms with Crippen LogP contribution in [0.25, 0.3) is 11.0 Å². The zero-order valence-corrected chi connectivity index (χ0v) is 19.1. The second kappa shape index (κ2) is 10.5. The number of rotatable bonds is 9. The Balaban J connectivity index is 1.97. The molecule has 0 spiro atoms. The Morgan fingerprint density at radius 3 is 2.45 bits per heavy atom. The molecule has 1 aliphatic rings. The van der Waals surface area contributed by atoms with Crippen LogP contribution in [0.1, 0.15) is 43.4 Å². The van der Waals surface area contributed by atoms with Crippen LogP contribution in [0.3, 0.4) is 0 Å². The van der Waals surface area contributed by atoms with Gasteiger partial charge in [0.2, 0.25) is 5.91 Å². The Bertz CT molecular complexity index is 1120. The summed E-state index contributed by atoms with van der Waals surface area (Å²) in [7, 11) is 0. The molecule has 3 rings (SSSR count). The van der Waals surface area contributed by atoms with Crippen LogP contribution >= 0.6 is 11.8 Å². The first-order valence-corrected chi connectivity index (χ1v) is 11.6. The summed E-state index contributed by atoms with van der Waals surface area (Å²) in [6.45, 7) is 3.98. The van der Waals surface area contributed by atoms with Gasteiger partial charge in [0.15, 0.2) is 0 Å². The van der Waals surface area contributed by atoms with Crippen molar-refractivity contribution < 1.29 is 31.9 Å². The molecule has 0 atom stereocenters. The fourth-order valence-electron chi connectivity index (χ4n) is 3.69. The highest BCUT2D eigenvalue weighted by Gasteiger charge is 2.35. The van der Waals surface area contributed by atoms with Crippen molar-refractivity contribution in [2.24, 2.45) is 0 Å². The van der Waals surface area contributed by atoms with E-state index in [1.54, 1.807) is 12.2 Å². The van der Waals surface area contributed by atoms with Crippen molar-refractivity contribution in [2.45, 2.75) is 45.7 Å². The molecule has 10 heteroatoms. The van der Waals surface area contributed by atoms with Crippen molar-refractivity contribution in [1.29, 1.82) is 0 Å². The molecule has 33 heavy (non-hydrogen) atoms. The van der Waals surface area contributed by atoms with E-state index >= 15 is 0 Å². The van der Waals surface area contributed by atoms with Gasteiger partial charge in [-0.15, -0.1) is 0 Å². The Morgan fingerprint density at radius 1 is 1.12 bits per heavy atom. The molecule has 0 N–H and O–H groups in total. The molecule has 0 aliphatic carbocycles. The summed E-state index contributed by atoms with van der Waals surface area (Å²) < 4.78 is 52.1. The highest BCUT2D eigenvalue weighted by Crippen LogP contribution is 2.40. The summed E-state index contributed by atoms with van der Waals surface area (Å²) in [5, 5.41) is -0.452. The lowest BCUT2D eigenvalue weighted by atomic mass is 9.96. The summed E-state index contributed by atoms with van der Waals surface area (Å²) >= 11 is 0.950. The summed E-state index contributed by atoms with van der Waals surface area (Å²) in [5.41, 5.74) is -1.17. The van der Waals surface area contributed by atoms with Crippen molar-refractivity contribution >= 4 is 33.9 Å². The molecule has 2 aromatic rings. The van der Waals surface area contributed by atoms with E-state index in [2.05, 4.69) is 0 Å². The van der Waals surface area contributed by atoms with E-state index in [0.717, 1.165) is 16.7 Å². The predicted octanol–water partition coefficient (Wildman–Crippen LogP) is 5.35. The first kappa shape index (κ1) is 24.9. The smallest absolute Gasteiger partial charge is 0.417 e. The van der Waals surface area contributed by atoms with Crippen LogP contribution in [-0.2, 0) is 23.8 Å². The van der Waals surface area contributed by atoms with Crippen LogP contribution in [0, 0.1) is 0 Å². The second-order valence-corrected chi connectivity index (χ2v) is 8.46. The van der Waals surface area contributed by atoms with Crippen LogP contribution in [0.2, 0.25) is 0 Å². The van der Waals surface area contributed by atoms with Crippen LogP contribution in [0.4, 0.5) is 18.0 Å². The quantitative estimate of drug-likeness (QED) is 0.354. The number of carbonyl (C=O) groups is 2. The van der Waals surface area contributed by atoms with Gasteiger partial charge in [-0.3, -0.25) is 14.5 Å². The lowest BCUT2D eigenvalue weighted by Gasteiger charge is -2.19. The fraction of sp³-hybridized carbons (Fsp3) is 0.435. The molecule has 6 nitrogen and oxygen atoms in total. The third kappa shape index (κ3) is 5.61. The van der Waals surface area contributed by atoms with Gasteiger partial charge in [-0.2, -0.15) is 13.2 Å². The van der Waals surface area contributed by atoms with E-state index < -0.39 is 17.4 Å². The highest BCUT2D eigenvalue weighted by atomic mass is 32.2. The Morgan fingerprint density at radius 2 is 1.85 bits per heavy atom. The number of alkyl halides is 3. The average Bonchev–Trinajstić information content (AvgIpc) is 3.06. The van der Waals surface area contributed by atoms with Gasteiger partial charge in [0.25, 0.3) is 5.24 Å². The topological polar surface area (TPSA) is 76.8 Å². The number of benzene rings is 1. The number of imide groups is 1. The monoisotopic (exact) mass is 483 g/mol. The van der Waals surface area contributed by atoms with Crippen molar-refractivity contribution in [3.05, 3.63) is 51.4 Å². The highest BCUT2D eigenvalue weighted by molar-refractivity contribution is 8.14. The number of ether oxygens (including phenoxy) is 1.